The molecule has 2 N–H and O–H groups in total. The Hall–Kier alpha value is -3.19. The van der Waals surface area contributed by atoms with Crippen molar-refractivity contribution < 1.29 is 4.79 Å². The SMILES string of the molecule is Cc1cc2[nH]c(=O)c(=O)[nH]c2c(CN(C)C(=O)c2cc3ccccc3s2)c1C. The Morgan fingerprint density at radius 1 is 1.07 bits per heavy atom. The Morgan fingerprint density at radius 2 is 1.79 bits per heavy atom. The molecule has 1 amide bonds. The number of carbonyl (C=O) groups excluding carboxylic acids is 1. The Morgan fingerprint density at radius 3 is 2.54 bits per heavy atom. The summed E-state index contributed by atoms with van der Waals surface area (Å²) >= 11 is 1.46. The first-order valence-corrected chi connectivity index (χ1v) is 9.66. The highest BCUT2D eigenvalue weighted by atomic mass is 32.1. The predicted molar refractivity (Wildman–Crippen MR) is 112 cm³/mol. The highest BCUT2D eigenvalue weighted by Gasteiger charge is 2.18. The number of thiophene rings is 1. The van der Waals surface area contributed by atoms with Gasteiger partial charge < -0.3 is 14.9 Å². The third kappa shape index (κ3) is 3.03. The smallest absolute Gasteiger partial charge is 0.314 e. The maximum atomic E-state index is 13.0. The van der Waals surface area contributed by atoms with Crippen LogP contribution in [0.4, 0.5) is 0 Å². The number of aryl methyl sites for hydroxylation is 1. The first-order chi connectivity index (χ1) is 13.3. The Kier molecular flexibility index (Phi) is 4.39. The second-order valence-electron chi connectivity index (χ2n) is 6.94. The lowest BCUT2D eigenvalue weighted by Gasteiger charge is -2.20. The van der Waals surface area contributed by atoms with Gasteiger partial charge in [-0.2, -0.15) is 0 Å². The standard InChI is InChI=1S/C21H19N3O3S/c1-11-8-15-18(23-20(26)19(25)22-15)14(12(11)2)10-24(3)21(27)17-9-13-6-4-5-7-16(13)28-17/h4-9H,10H2,1-3H3,(H,22,25)(H,23,26). The van der Waals surface area contributed by atoms with Crippen molar-refractivity contribution >= 4 is 38.4 Å². The third-order valence-electron chi connectivity index (χ3n) is 5.05. The Labute approximate surface area is 164 Å². The van der Waals surface area contributed by atoms with Crippen molar-refractivity contribution in [2.45, 2.75) is 20.4 Å². The maximum absolute atomic E-state index is 13.0. The number of fused-ring (bicyclic) bond motifs is 2. The molecule has 0 saturated heterocycles. The molecular weight excluding hydrogens is 374 g/mol. The van der Waals surface area contributed by atoms with Crippen molar-refractivity contribution in [1.82, 2.24) is 14.9 Å². The van der Waals surface area contributed by atoms with Crippen molar-refractivity contribution in [1.29, 1.82) is 0 Å². The summed E-state index contributed by atoms with van der Waals surface area (Å²) < 4.78 is 1.07. The zero-order chi connectivity index (χ0) is 20.0. The van der Waals surface area contributed by atoms with E-state index in [1.807, 2.05) is 50.2 Å². The third-order valence-corrected chi connectivity index (χ3v) is 6.15. The number of nitrogens with zero attached hydrogens (tertiary/aromatic N) is 1. The number of nitrogens with one attached hydrogen (secondary N) is 2. The van der Waals surface area contributed by atoms with E-state index in [4.69, 9.17) is 0 Å². The van der Waals surface area contributed by atoms with Crippen LogP contribution in [0.1, 0.15) is 26.4 Å². The van der Waals surface area contributed by atoms with Crippen molar-refractivity contribution in [3.63, 3.8) is 0 Å². The number of rotatable bonds is 3. The summed E-state index contributed by atoms with van der Waals surface area (Å²) in [6, 6.07) is 11.6. The molecular formula is C21H19N3O3S. The Bertz CT molecular complexity index is 1310. The highest BCUT2D eigenvalue weighted by Crippen LogP contribution is 2.27. The van der Waals surface area contributed by atoms with E-state index < -0.39 is 11.1 Å². The van der Waals surface area contributed by atoms with Gasteiger partial charge in [0.25, 0.3) is 5.91 Å². The molecule has 0 radical (unpaired) electrons. The van der Waals surface area contributed by atoms with Gasteiger partial charge in [-0.05, 0) is 48.6 Å². The lowest BCUT2D eigenvalue weighted by atomic mass is 10.0. The predicted octanol–water partition coefficient (Wildman–Crippen LogP) is 3.32. The molecule has 0 fully saturated rings. The van der Waals surface area contributed by atoms with E-state index >= 15 is 0 Å². The summed E-state index contributed by atoms with van der Waals surface area (Å²) in [4.78, 5) is 44.1. The number of aromatic nitrogens is 2. The van der Waals surface area contributed by atoms with Gasteiger partial charge >= 0.3 is 11.1 Å². The molecule has 6 nitrogen and oxygen atoms in total. The number of hydrogen-bond acceptors (Lipinski definition) is 4. The summed E-state index contributed by atoms with van der Waals surface area (Å²) in [6.45, 7) is 4.21. The van der Waals surface area contributed by atoms with Crippen LogP contribution in [0.3, 0.4) is 0 Å². The fourth-order valence-electron chi connectivity index (χ4n) is 3.36. The number of H-pyrrole nitrogens is 2. The van der Waals surface area contributed by atoms with Crippen LogP contribution in [0.5, 0.6) is 0 Å². The molecule has 0 bridgehead atoms. The number of hydrogen-bond donors (Lipinski definition) is 2. The van der Waals surface area contributed by atoms with Crippen LogP contribution in [0.25, 0.3) is 21.1 Å². The maximum Gasteiger partial charge on any atom is 0.314 e. The minimum Gasteiger partial charge on any atom is -0.337 e. The summed E-state index contributed by atoms with van der Waals surface area (Å²) in [6.07, 6.45) is 0. The molecule has 0 spiro atoms. The highest BCUT2D eigenvalue weighted by molar-refractivity contribution is 7.20. The molecule has 0 aliphatic rings. The molecule has 7 heteroatoms. The van der Waals surface area contributed by atoms with E-state index in [0.29, 0.717) is 22.5 Å². The molecule has 0 aliphatic carbocycles. The number of amides is 1. The number of carbonyl (C=O) groups is 1. The van der Waals surface area contributed by atoms with Crippen molar-refractivity contribution in [3.8, 4) is 0 Å². The van der Waals surface area contributed by atoms with E-state index in [0.717, 1.165) is 26.8 Å². The van der Waals surface area contributed by atoms with Gasteiger partial charge in [0, 0.05) is 23.9 Å². The lowest BCUT2D eigenvalue weighted by molar-refractivity contribution is 0.0790. The van der Waals surface area contributed by atoms with E-state index in [9.17, 15) is 14.4 Å². The summed E-state index contributed by atoms with van der Waals surface area (Å²) in [7, 11) is 1.74. The van der Waals surface area contributed by atoms with Gasteiger partial charge in [0.15, 0.2) is 0 Å². The molecule has 142 valence electrons. The quantitative estimate of drug-likeness (QED) is 0.524. The lowest BCUT2D eigenvalue weighted by Crippen LogP contribution is -2.30. The molecule has 0 atom stereocenters. The topological polar surface area (TPSA) is 86.0 Å². The summed E-state index contributed by atoms with van der Waals surface area (Å²) in [5.74, 6) is -0.0815. The van der Waals surface area contributed by atoms with Gasteiger partial charge in [0.05, 0.1) is 15.9 Å². The zero-order valence-electron chi connectivity index (χ0n) is 15.8. The van der Waals surface area contributed by atoms with Crippen LogP contribution in [0, 0.1) is 13.8 Å². The number of aromatic amines is 2. The van der Waals surface area contributed by atoms with E-state index in [2.05, 4.69) is 9.97 Å². The molecule has 0 saturated carbocycles. The molecule has 2 aromatic carbocycles. The van der Waals surface area contributed by atoms with E-state index in [1.54, 1.807) is 11.9 Å². The largest absolute Gasteiger partial charge is 0.337 e. The van der Waals surface area contributed by atoms with Gasteiger partial charge in [0.2, 0.25) is 0 Å². The molecule has 4 rings (SSSR count). The molecule has 0 aliphatic heterocycles. The van der Waals surface area contributed by atoms with Crippen LogP contribution in [-0.4, -0.2) is 27.8 Å². The fraction of sp³-hybridized carbons (Fsp3) is 0.190. The summed E-state index contributed by atoms with van der Waals surface area (Å²) in [5.41, 5.74) is 2.51. The van der Waals surface area contributed by atoms with Crippen LogP contribution in [0.15, 0.2) is 46.0 Å². The van der Waals surface area contributed by atoms with Crippen molar-refractivity contribution in [3.05, 3.63) is 78.7 Å². The second-order valence-corrected chi connectivity index (χ2v) is 8.02. The van der Waals surface area contributed by atoms with Crippen LogP contribution in [-0.2, 0) is 6.54 Å². The molecule has 2 aromatic heterocycles. The van der Waals surface area contributed by atoms with Gasteiger partial charge in [-0.1, -0.05) is 18.2 Å². The van der Waals surface area contributed by atoms with Gasteiger partial charge in [0.1, 0.15) is 0 Å². The molecule has 0 unspecified atom stereocenters. The van der Waals surface area contributed by atoms with Gasteiger partial charge in [-0.25, -0.2) is 0 Å². The minimum atomic E-state index is -0.699. The van der Waals surface area contributed by atoms with Crippen LogP contribution >= 0.6 is 11.3 Å². The minimum absolute atomic E-state index is 0.0815. The summed E-state index contributed by atoms with van der Waals surface area (Å²) in [5, 5.41) is 1.04. The van der Waals surface area contributed by atoms with E-state index in [-0.39, 0.29) is 5.91 Å². The molecule has 2 heterocycles. The molecule has 4 aromatic rings. The number of benzene rings is 2. The first kappa shape index (κ1) is 18.2. The fourth-order valence-corrected chi connectivity index (χ4v) is 4.42. The monoisotopic (exact) mass is 393 g/mol. The zero-order valence-corrected chi connectivity index (χ0v) is 16.6. The van der Waals surface area contributed by atoms with Crippen molar-refractivity contribution in [2.24, 2.45) is 0 Å². The Balaban J connectivity index is 1.75. The average molecular weight is 393 g/mol. The van der Waals surface area contributed by atoms with Crippen molar-refractivity contribution in [2.75, 3.05) is 7.05 Å². The van der Waals surface area contributed by atoms with Crippen LogP contribution < -0.4 is 11.1 Å². The van der Waals surface area contributed by atoms with Gasteiger partial charge in [-0.3, -0.25) is 14.4 Å². The normalized spacial score (nSPS) is 11.2. The van der Waals surface area contributed by atoms with Gasteiger partial charge in [-0.15, -0.1) is 11.3 Å². The average Bonchev–Trinajstić information content (AvgIpc) is 3.10. The first-order valence-electron chi connectivity index (χ1n) is 8.84. The van der Waals surface area contributed by atoms with Crippen LogP contribution in [0.2, 0.25) is 0 Å². The second kappa shape index (κ2) is 6.76. The molecule has 28 heavy (non-hydrogen) atoms. The van der Waals surface area contributed by atoms with E-state index in [1.165, 1.54) is 11.3 Å².